The van der Waals surface area contributed by atoms with Crippen LogP contribution in [-0.4, -0.2) is 39.3 Å². The molecule has 2 N–H and O–H groups in total. The third-order valence-electron chi connectivity index (χ3n) is 4.43. The lowest BCUT2D eigenvalue weighted by atomic mass is 9.70. The molecule has 0 aliphatic heterocycles. The SMILES string of the molecule is COCCNCC(=O)NCC1CCC(C(C)(C)C)CC1.Cl. The molecule has 126 valence electrons. The Morgan fingerprint density at radius 1 is 1.19 bits per heavy atom. The van der Waals surface area contributed by atoms with Gasteiger partial charge in [-0.15, -0.1) is 12.4 Å². The van der Waals surface area contributed by atoms with E-state index in [-0.39, 0.29) is 18.3 Å². The first-order valence-electron chi connectivity index (χ1n) is 7.90. The number of carbonyl (C=O) groups is 1. The minimum Gasteiger partial charge on any atom is -0.383 e. The van der Waals surface area contributed by atoms with Gasteiger partial charge >= 0.3 is 0 Å². The van der Waals surface area contributed by atoms with Crippen LogP contribution in [0.4, 0.5) is 0 Å². The summed E-state index contributed by atoms with van der Waals surface area (Å²) in [5.41, 5.74) is 0.430. The molecule has 0 saturated heterocycles. The monoisotopic (exact) mass is 320 g/mol. The van der Waals surface area contributed by atoms with Crippen LogP contribution in [0.3, 0.4) is 0 Å². The van der Waals surface area contributed by atoms with Gasteiger partial charge in [0.25, 0.3) is 0 Å². The lowest BCUT2D eigenvalue weighted by Gasteiger charge is -2.37. The van der Waals surface area contributed by atoms with E-state index in [1.807, 2.05) is 0 Å². The zero-order valence-electron chi connectivity index (χ0n) is 14.0. The van der Waals surface area contributed by atoms with Gasteiger partial charge in [0.15, 0.2) is 0 Å². The van der Waals surface area contributed by atoms with Gasteiger partial charge in [-0.2, -0.15) is 0 Å². The summed E-state index contributed by atoms with van der Waals surface area (Å²) in [4.78, 5) is 11.7. The summed E-state index contributed by atoms with van der Waals surface area (Å²) in [6.07, 6.45) is 5.10. The Hall–Kier alpha value is -0.320. The Bertz CT molecular complexity index is 284. The predicted octanol–water partition coefficient (Wildman–Crippen LogP) is 2.61. The summed E-state index contributed by atoms with van der Waals surface area (Å²) in [6, 6.07) is 0. The molecule has 0 aromatic heterocycles. The van der Waals surface area contributed by atoms with E-state index < -0.39 is 0 Å². The van der Waals surface area contributed by atoms with Crippen molar-refractivity contribution in [2.24, 2.45) is 17.3 Å². The van der Waals surface area contributed by atoms with Crippen LogP contribution >= 0.6 is 12.4 Å². The van der Waals surface area contributed by atoms with Gasteiger partial charge < -0.3 is 15.4 Å². The molecule has 21 heavy (non-hydrogen) atoms. The zero-order chi connectivity index (χ0) is 15.0. The molecule has 4 nitrogen and oxygen atoms in total. The minimum absolute atomic E-state index is 0. The van der Waals surface area contributed by atoms with Gasteiger partial charge in [-0.1, -0.05) is 20.8 Å². The van der Waals surface area contributed by atoms with Gasteiger partial charge in [-0.3, -0.25) is 4.79 Å². The van der Waals surface area contributed by atoms with E-state index in [1.165, 1.54) is 25.7 Å². The van der Waals surface area contributed by atoms with Crippen LogP contribution < -0.4 is 10.6 Å². The average Bonchev–Trinajstić information content (AvgIpc) is 2.41. The molecule has 0 spiro atoms. The fourth-order valence-electron chi connectivity index (χ4n) is 2.93. The molecular weight excluding hydrogens is 288 g/mol. The van der Waals surface area contributed by atoms with Crippen molar-refractivity contribution in [1.29, 1.82) is 0 Å². The van der Waals surface area contributed by atoms with Gasteiger partial charge in [0, 0.05) is 20.2 Å². The van der Waals surface area contributed by atoms with Crippen LogP contribution in [0.1, 0.15) is 46.5 Å². The standard InChI is InChI=1S/C16H32N2O2.ClH/c1-16(2,3)14-7-5-13(6-8-14)11-18-15(19)12-17-9-10-20-4;/h13-14,17H,5-12H2,1-4H3,(H,18,19);1H. The van der Waals surface area contributed by atoms with Gasteiger partial charge in [-0.25, -0.2) is 0 Å². The van der Waals surface area contributed by atoms with Gasteiger partial charge in [-0.05, 0) is 42.9 Å². The lowest BCUT2D eigenvalue weighted by molar-refractivity contribution is -0.120. The van der Waals surface area contributed by atoms with E-state index in [1.54, 1.807) is 7.11 Å². The van der Waals surface area contributed by atoms with Crippen molar-refractivity contribution in [1.82, 2.24) is 10.6 Å². The highest BCUT2D eigenvalue weighted by atomic mass is 35.5. The van der Waals surface area contributed by atoms with Crippen molar-refractivity contribution in [2.45, 2.75) is 46.5 Å². The third kappa shape index (κ3) is 8.64. The number of nitrogens with one attached hydrogen (secondary N) is 2. The van der Waals surface area contributed by atoms with Crippen LogP contribution in [0.2, 0.25) is 0 Å². The number of hydrogen-bond donors (Lipinski definition) is 2. The number of hydrogen-bond acceptors (Lipinski definition) is 3. The van der Waals surface area contributed by atoms with E-state index in [2.05, 4.69) is 31.4 Å². The number of rotatable bonds is 7. The molecule has 0 heterocycles. The summed E-state index contributed by atoms with van der Waals surface area (Å²) in [6.45, 7) is 9.61. The van der Waals surface area contributed by atoms with Gasteiger partial charge in [0.1, 0.15) is 0 Å². The van der Waals surface area contributed by atoms with Crippen molar-refractivity contribution in [3.8, 4) is 0 Å². The molecule has 1 aliphatic rings. The lowest BCUT2D eigenvalue weighted by Crippen LogP contribution is -2.38. The molecule has 0 bridgehead atoms. The molecule has 0 aromatic rings. The summed E-state index contributed by atoms with van der Waals surface area (Å²) in [7, 11) is 1.66. The highest BCUT2D eigenvalue weighted by molar-refractivity contribution is 5.85. The molecule has 0 aromatic carbocycles. The van der Waals surface area contributed by atoms with E-state index in [0.29, 0.717) is 24.5 Å². The number of methoxy groups -OCH3 is 1. The van der Waals surface area contributed by atoms with Crippen molar-refractivity contribution >= 4 is 18.3 Å². The highest BCUT2D eigenvalue weighted by Gasteiger charge is 2.29. The smallest absolute Gasteiger partial charge is 0.233 e. The normalized spacial score (nSPS) is 22.5. The van der Waals surface area contributed by atoms with Crippen LogP contribution in [0, 0.1) is 17.3 Å². The van der Waals surface area contributed by atoms with Crippen LogP contribution in [0.5, 0.6) is 0 Å². The second-order valence-corrected chi connectivity index (χ2v) is 7.06. The first-order chi connectivity index (χ1) is 9.43. The predicted molar refractivity (Wildman–Crippen MR) is 89.9 cm³/mol. The van der Waals surface area contributed by atoms with Gasteiger partial charge in [0.2, 0.25) is 5.91 Å². The third-order valence-corrected chi connectivity index (χ3v) is 4.43. The maximum absolute atomic E-state index is 11.7. The van der Waals surface area contributed by atoms with Gasteiger partial charge in [0.05, 0.1) is 13.2 Å². The molecule has 5 heteroatoms. The zero-order valence-corrected chi connectivity index (χ0v) is 14.9. The fraction of sp³-hybridized carbons (Fsp3) is 0.938. The molecule has 1 saturated carbocycles. The number of amides is 1. The Balaban J connectivity index is 0.00000400. The minimum atomic E-state index is 0. The quantitative estimate of drug-likeness (QED) is 0.709. The molecule has 1 aliphatic carbocycles. The molecule has 1 fully saturated rings. The fourth-order valence-corrected chi connectivity index (χ4v) is 2.93. The summed E-state index contributed by atoms with van der Waals surface area (Å²) >= 11 is 0. The van der Waals surface area contributed by atoms with Crippen molar-refractivity contribution in [3.63, 3.8) is 0 Å². The Labute approximate surface area is 136 Å². The van der Waals surface area contributed by atoms with E-state index in [9.17, 15) is 4.79 Å². The summed E-state index contributed by atoms with van der Waals surface area (Å²) < 4.78 is 4.92. The second kappa shape index (κ2) is 10.4. The Kier molecular flexibility index (Phi) is 10.3. The average molecular weight is 321 g/mol. The summed E-state index contributed by atoms with van der Waals surface area (Å²) in [5, 5.41) is 6.10. The summed E-state index contributed by atoms with van der Waals surface area (Å²) in [5.74, 6) is 1.60. The van der Waals surface area contributed by atoms with Crippen LogP contribution in [0.25, 0.3) is 0 Å². The molecule has 0 unspecified atom stereocenters. The van der Waals surface area contributed by atoms with Crippen LogP contribution in [-0.2, 0) is 9.53 Å². The number of halogens is 1. The Morgan fingerprint density at radius 2 is 1.81 bits per heavy atom. The maximum atomic E-state index is 11.7. The van der Waals surface area contributed by atoms with E-state index in [4.69, 9.17) is 4.74 Å². The first kappa shape index (κ1) is 20.7. The molecular formula is C16H33ClN2O2. The largest absolute Gasteiger partial charge is 0.383 e. The number of ether oxygens (including phenoxy) is 1. The molecule has 1 rings (SSSR count). The van der Waals surface area contributed by atoms with Crippen LogP contribution in [0.15, 0.2) is 0 Å². The first-order valence-corrected chi connectivity index (χ1v) is 7.90. The van der Waals surface area contributed by atoms with Crippen molar-refractivity contribution in [3.05, 3.63) is 0 Å². The van der Waals surface area contributed by atoms with Crippen molar-refractivity contribution < 1.29 is 9.53 Å². The molecule has 0 atom stereocenters. The molecule has 0 radical (unpaired) electrons. The molecule has 1 amide bonds. The van der Waals surface area contributed by atoms with Crippen molar-refractivity contribution in [2.75, 3.05) is 33.4 Å². The second-order valence-electron chi connectivity index (χ2n) is 7.06. The van der Waals surface area contributed by atoms with E-state index in [0.717, 1.165) is 19.0 Å². The Morgan fingerprint density at radius 3 is 2.33 bits per heavy atom. The van der Waals surface area contributed by atoms with E-state index >= 15 is 0 Å². The highest BCUT2D eigenvalue weighted by Crippen LogP contribution is 2.39. The number of carbonyl (C=O) groups excluding carboxylic acids is 1. The maximum Gasteiger partial charge on any atom is 0.233 e. The topological polar surface area (TPSA) is 50.4 Å².